The molecule has 22 heavy (non-hydrogen) atoms. The third-order valence-electron chi connectivity index (χ3n) is 2.36. The molecule has 13 heteroatoms. The third-order valence-corrected chi connectivity index (χ3v) is 5.32. The topological polar surface area (TPSA) is 178 Å². The second-order valence-electron chi connectivity index (χ2n) is 4.18. The predicted octanol–water partition coefficient (Wildman–Crippen LogP) is -0.750. The molecule has 4 N–H and O–H groups in total. The average molecular weight is 375 g/mol. The Morgan fingerprint density at radius 1 is 1.05 bits per heavy atom. The highest BCUT2D eigenvalue weighted by Gasteiger charge is 2.21. The highest BCUT2D eigenvalue weighted by Crippen LogP contribution is 2.21. The summed E-state index contributed by atoms with van der Waals surface area (Å²) < 4.78 is 87.8. The number of anilines is 1. The molecule has 0 aliphatic carbocycles. The lowest BCUT2D eigenvalue weighted by Crippen LogP contribution is -2.18. The number of benzene rings is 1. The van der Waals surface area contributed by atoms with Crippen molar-refractivity contribution in [3.8, 4) is 0 Å². The summed E-state index contributed by atoms with van der Waals surface area (Å²) in [7, 11) is -13.4. The van der Waals surface area contributed by atoms with Crippen molar-refractivity contribution in [2.75, 3.05) is 18.1 Å². The van der Waals surface area contributed by atoms with Gasteiger partial charge in [-0.25, -0.2) is 12.6 Å². The van der Waals surface area contributed by atoms with Crippen LogP contribution in [0.4, 0.5) is 5.69 Å². The first kappa shape index (κ1) is 18.8. The molecule has 1 aromatic rings. The molecule has 0 bridgehead atoms. The highest BCUT2D eigenvalue weighted by atomic mass is 32.3. The van der Waals surface area contributed by atoms with Gasteiger partial charge >= 0.3 is 10.4 Å². The summed E-state index contributed by atoms with van der Waals surface area (Å²) in [5.74, 6) is -1.62. The summed E-state index contributed by atoms with van der Waals surface area (Å²) in [5, 5.41) is 0. The van der Waals surface area contributed by atoms with Crippen molar-refractivity contribution in [3.63, 3.8) is 0 Å². The maximum atomic E-state index is 11.8. The summed E-state index contributed by atoms with van der Waals surface area (Å²) in [4.78, 5) is -0.624. The van der Waals surface area contributed by atoms with E-state index in [0.29, 0.717) is 0 Å². The molecule has 0 radical (unpaired) electrons. The van der Waals surface area contributed by atoms with Gasteiger partial charge in [0.15, 0.2) is 9.84 Å². The zero-order valence-corrected chi connectivity index (χ0v) is 13.4. The first-order valence-corrected chi connectivity index (χ1v) is 10.1. The Hall–Kier alpha value is -1.25. The molecular weight excluding hydrogens is 362 g/mol. The zero-order chi connectivity index (χ0) is 17.2. The summed E-state index contributed by atoms with van der Waals surface area (Å²) in [6.45, 7) is -0.843. The van der Waals surface area contributed by atoms with Crippen LogP contribution in [0.15, 0.2) is 23.1 Å². The molecule has 1 aromatic carbocycles. The summed E-state index contributed by atoms with van der Waals surface area (Å²) in [5.41, 5.74) is 5.25. The van der Waals surface area contributed by atoms with Crippen LogP contribution in [0, 0.1) is 0 Å². The van der Waals surface area contributed by atoms with E-state index in [2.05, 4.69) is 4.18 Å². The molecule has 0 aliphatic heterocycles. The Morgan fingerprint density at radius 2 is 1.64 bits per heavy atom. The van der Waals surface area contributed by atoms with E-state index >= 15 is 0 Å². The number of nitrogen functional groups attached to an aromatic ring is 1. The number of sulfone groups is 1. The van der Waals surface area contributed by atoms with E-state index in [4.69, 9.17) is 14.8 Å². The lowest BCUT2D eigenvalue weighted by Gasteiger charge is -2.09. The smallest absolute Gasteiger partial charge is 0.397 e. The minimum atomic E-state index is -4.78. The van der Waals surface area contributed by atoms with Gasteiger partial charge in [-0.2, -0.15) is 16.8 Å². The standard InChI is InChI=1S/C9H13NO9S3/c10-8-1-2-9(21(13,14)15)7(5-8)6-20(11,12)4-3-19-22(16,17)18/h1-2,5H,3-4,6,10H2,(H,13,14,15)(H,16,17,18). The van der Waals surface area contributed by atoms with Crippen LogP contribution in [0.25, 0.3) is 0 Å². The van der Waals surface area contributed by atoms with Crippen LogP contribution < -0.4 is 5.73 Å². The predicted molar refractivity (Wildman–Crippen MR) is 75.7 cm³/mol. The van der Waals surface area contributed by atoms with E-state index in [1.807, 2.05) is 0 Å². The van der Waals surface area contributed by atoms with Crippen LogP contribution in [0.3, 0.4) is 0 Å². The lowest BCUT2D eigenvalue weighted by molar-refractivity contribution is 0.284. The fourth-order valence-corrected chi connectivity index (χ4v) is 3.93. The Kier molecular flexibility index (Phi) is 5.53. The molecule has 0 aromatic heterocycles. The van der Waals surface area contributed by atoms with E-state index in [9.17, 15) is 25.3 Å². The van der Waals surface area contributed by atoms with Crippen LogP contribution in [-0.2, 0) is 40.3 Å². The van der Waals surface area contributed by atoms with Gasteiger partial charge in [0.2, 0.25) is 0 Å². The highest BCUT2D eigenvalue weighted by molar-refractivity contribution is 7.90. The quantitative estimate of drug-likeness (QED) is 0.405. The number of hydrogen-bond donors (Lipinski definition) is 3. The van der Waals surface area contributed by atoms with Gasteiger partial charge in [-0.1, -0.05) is 0 Å². The molecule has 0 unspecified atom stereocenters. The Balaban J connectivity index is 3.01. The van der Waals surface area contributed by atoms with Crippen molar-refractivity contribution >= 4 is 36.0 Å². The van der Waals surface area contributed by atoms with Gasteiger partial charge in [0.25, 0.3) is 10.1 Å². The third kappa shape index (κ3) is 6.25. The van der Waals surface area contributed by atoms with Crippen molar-refractivity contribution in [2.24, 2.45) is 0 Å². The van der Waals surface area contributed by atoms with Gasteiger partial charge in [-0.15, -0.1) is 0 Å². The van der Waals surface area contributed by atoms with Crippen molar-refractivity contribution in [2.45, 2.75) is 10.6 Å². The second kappa shape index (κ2) is 6.47. The van der Waals surface area contributed by atoms with E-state index in [1.54, 1.807) is 0 Å². The molecule has 10 nitrogen and oxygen atoms in total. The first-order valence-electron chi connectivity index (χ1n) is 5.48. The summed E-state index contributed by atoms with van der Waals surface area (Å²) in [6.07, 6.45) is 0. The fraction of sp³-hybridized carbons (Fsp3) is 0.333. The zero-order valence-electron chi connectivity index (χ0n) is 10.9. The van der Waals surface area contributed by atoms with Crippen LogP contribution >= 0.6 is 0 Å². The number of rotatable bonds is 7. The summed E-state index contributed by atoms with van der Waals surface area (Å²) >= 11 is 0. The molecule has 0 saturated carbocycles. The second-order valence-corrected chi connectivity index (χ2v) is 8.85. The molecule has 0 amide bonds. The molecule has 0 aliphatic rings. The van der Waals surface area contributed by atoms with Crippen molar-refractivity contribution in [3.05, 3.63) is 23.8 Å². The van der Waals surface area contributed by atoms with E-state index in [0.717, 1.165) is 12.1 Å². The van der Waals surface area contributed by atoms with Crippen molar-refractivity contribution < 1.29 is 38.5 Å². The average Bonchev–Trinajstić information content (AvgIpc) is 2.23. The van der Waals surface area contributed by atoms with Crippen LogP contribution in [0.5, 0.6) is 0 Å². The Labute approximate surface area is 127 Å². The maximum Gasteiger partial charge on any atom is 0.397 e. The van der Waals surface area contributed by atoms with Crippen LogP contribution in [-0.4, -0.2) is 46.7 Å². The normalized spacial score (nSPS) is 13.2. The molecule has 1 rings (SSSR count). The molecule has 0 heterocycles. The Morgan fingerprint density at radius 3 is 2.14 bits per heavy atom. The van der Waals surface area contributed by atoms with Gasteiger partial charge in [0.05, 0.1) is 23.0 Å². The Bertz CT molecular complexity index is 856. The van der Waals surface area contributed by atoms with E-state index < -0.39 is 53.4 Å². The van der Waals surface area contributed by atoms with Crippen molar-refractivity contribution in [1.82, 2.24) is 0 Å². The van der Waals surface area contributed by atoms with E-state index in [1.165, 1.54) is 6.07 Å². The molecule has 0 atom stereocenters. The SMILES string of the molecule is Nc1ccc(S(=O)(=O)O)c(CS(=O)(=O)CCOS(=O)(=O)O)c1. The molecular formula is C9H13NO9S3. The van der Waals surface area contributed by atoms with E-state index in [-0.39, 0.29) is 11.3 Å². The van der Waals surface area contributed by atoms with Gasteiger partial charge in [0.1, 0.15) is 0 Å². The largest absolute Gasteiger partial charge is 0.399 e. The van der Waals surface area contributed by atoms with Gasteiger partial charge < -0.3 is 5.73 Å². The minimum Gasteiger partial charge on any atom is -0.399 e. The van der Waals surface area contributed by atoms with Gasteiger partial charge in [0, 0.05) is 5.69 Å². The van der Waals surface area contributed by atoms with Gasteiger partial charge in [-0.3, -0.25) is 9.11 Å². The minimum absolute atomic E-state index is 0.0757. The molecule has 0 spiro atoms. The lowest BCUT2D eigenvalue weighted by atomic mass is 10.2. The van der Waals surface area contributed by atoms with Crippen LogP contribution in [0.2, 0.25) is 0 Å². The molecule has 0 saturated heterocycles. The first-order chi connectivity index (χ1) is 9.80. The summed E-state index contributed by atoms with van der Waals surface area (Å²) in [6, 6.07) is 3.18. The molecule has 126 valence electrons. The molecule has 0 fully saturated rings. The van der Waals surface area contributed by atoms with Crippen LogP contribution in [0.1, 0.15) is 5.56 Å². The fourth-order valence-electron chi connectivity index (χ4n) is 1.54. The monoisotopic (exact) mass is 375 g/mol. The maximum absolute atomic E-state index is 11.8. The number of nitrogens with two attached hydrogens (primary N) is 1. The number of hydrogen-bond acceptors (Lipinski definition) is 8. The van der Waals surface area contributed by atoms with Crippen molar-refractivity contribution in [1.29, 1.82) is 0 Å². The van der Waals surface area contributed by atoms with Gasteiger partial charge in [-0.05, 0) is 23.8 Å².